The van der Waals surface area contributed by atoms with Crippen molar-refractivity contribution < 1.29 is 14.7 Å². The predicted octanol–water partition coefficient (Wildman–Crippen LogP) is 1.24. The van der Waals surface area contributed by atoms with Gasteiger partial charge < -0.3 is 5.11 Å². The van der Waals surface area contributed by atoms with E-state index in [1.807, 2.05) is 20.8 Å². The largest absolute Gasteiger partial charge is 0.475 e. The molecule has 0 unspecified atom stereocenters. The molecule has 62 valence electrons. The Morgan fingerprint density at radius 3 is 2.00 bits per heavy atom. The van der Waals surface area contributed by atoms with Crippen molar-refractivity contribution in [3.63, 3.8) is 0 Å². The first-order chi connectivity index (χ1) is 4.83. The van der Waals surface area contributed by atoms with Crippen LogP contribution in [-0.2, 0) is 9.59 Å². The van der Waals surface area contributed by atoms with E-state index in [1.165, 1.54) is 0 Å². The molecule has 0 atom stereocenters. The van der Waals surface area contributed by atoms with E-state index in [-0.39, 0.29) is 5.41 Å². The Balaban J connectivity index is 4.16. The van der Waals surface area contributed by atoms with E-state index in [0.29, 0.717) is 0 Å². The third-order valence-corrected chi connectivity index (χ3v) is 0.945. The minimum absolute atomic E-state index is 0.148. The highest BCUT2D eigenvalue weighted by Crippen LogP contribution is 2.13. The van der Waals surface area contributed by atoms with Gasteiger partial charge in [-0.15, -0.1) is 0 Å². The molecule has 0 bridgehead atoms. The molecule has 0 amide bonds. The minimum atomic E-state index is -1.41. The molecule has 0 radical (unpaired) electrons. The molecule has 0 aliphatic heterocycles. The lowest BCUT2D eigenvalue weighted by molar-refractivity contribution is -0.146. The van der Waals surface area contributed by atoms with Crippen LogP contribution in [0.25, 0.3) is 0 Å². The fourth-order valence-corrected chi connectivity index (χ4v) is 0.397. The van der Waals surface area contributed by atoms with Crippen LogP contribution in [0.5, 0.6) is 0 Å². The average molecular weight is 156 g/mol. The summed E-state index contributed by atoms with van der Waals surface area (Å²) >= 11 is 0. The molecule has 0 spiro atoms. The smallest absolute Gasteiger partial charge is 0.376 e. The van der Waals surface area contributed by atoms with Crippen LogP contribution in [0.1, 0.15) is 20.8 Å². The highest BCUT2D eigenvalue weighted by molar-refractivity contribution is 6.37. The molecule has 0 aliphatic rings. The van der Waals surface area contributed by atoms with E-state index in [2.05, 4.69) is 0 Å². The van der Waals surface area contributed by atoms with Crippen LogP contribution < -0.4 is 0 Å². The van der Waals surface area contributed by atoms with Crippen molar-refractivity contribution in [1.82, 2.24) is 0 Å². The molecule has 0 aromatic heterocycles. The number of carbonyl (C=O) groups excluding carboxylic acids is 1. The molecule has 0 aromatic carbocycles. The van der Waals surface area contributed by atoms with Crippen LogP contribution in [0.4, 0.5) is 0 Å². The number of carboxylic acids is 1. The number of carboxylic acid groups (broad SMARTS) is 1. The summed E-state index contributed by atoms with van der Waals surface area (Å²) in [6, 6.07) is 0. The van der Waals surface area contributed by atoms with E-state index in [4.69, 9.17) is 5.11 Å². The Morgan fingerprint density at radius 1 is 1.27 bits per heavy atom. The molecule has 11 heavy (non-hydrogen) atoms. The van der Waals surface area contributed by atoms with Crippen LogP contribution in [0.15, 0.2) is 12.2 Å². The fraction of sp³-hybridized carbons (Fsp3) is 0.500. The van der Waals surface area contributed by atoms with Crippen molar-refractivity contribution in [2.45, 2.75) is 20.8 Å². The van der Waals surface area contributed by atoms with Gasteiger partial charge in [0.1, 0.15) is 0 Å². The van der Waals surface area contributed by atoms with Gasteiger partial charge in [0.2, 0.25) is 0 Å². The van der Waals surface area contributed by atoms with Crippen molar-refractivity contribution >= 4 is 11.8 Å². The third kappa shape index (κ3) is 5.33. The standard InChI is InChI=1S/C8H12O3/c1-8(2,3)5-4-6(9)7(10)11/h4-5H,1-3H3,(H,10,11)/b5-4+. The van der Waals surface area contributed by atoms with Crippen LogP contribution in [0.2, 0.25) is 0 Å². The van der Waals surface area contributed by atoms with Crippen LogP contribution in [0.3, 0.4) is 0 Å². The van der Waals surface area contributed by atoms with E-state index in [0.717, 1.165) is 6.08 Å². The van der Waals surface area contributed by atoms with Crippen molar-refractivity contribution in [3.8, 4) is 0 Å². The number of ketones is 1. The summed E-state index contributed by atoms with van der Waals surface area (Å²) in [5, 5.41) is 8.18. The molecule has 0 heterocycles. The number of hydrogen-bond acceptors (Lipinski definition) is 2. The average Bonchev–Trinajstić information content (AvgIpc) is 1.80. The lowest BCUT2D eigenvalue weighted by Crippen LogP contribution is -2.10. The highest BCUT2D eigenvalue weighted by Gasteiger charge is 2.09. The third-order valence-electron chi connectivity index (χ3n) is 0.945. The molecule has 3 nitrogen and oxygen atoms in total. The predicted molar refractivity (Wildman–Crippen MR) is 41.2 cm³/mol. The monoisotopic (exact) mass is 156 g/mol. The zero-order valence-corrected chi connectivity index (χ0v) is 6.92. The summed E-state index contributed by atoms with van der Waals surface area (Å²) in [6.07, 6.45) is 2.66. The van der Waals surface area contributed by atoms with Crippen molar-refractivity contribution in [3.05, 3.63) is 12.2 Å². The first-order valence-electron chi connectivity index (χ1n) is 3.29. The summed E-state index contributed by atoms with van der Waals surface area (Å²) < 4.78 is 0. The first kappa shape index (κ1) is 9.88. The second-order valence-corrected chi connectivity index (χ2v) is 3.37. The molecular formula is C8H12O3. The molecule has 0 aliphatic carbocycles. The van der Waals surface area contributed by atoms with E-state index < -0.39 is 11.8 Å². The lowest BCUT2D eigenvalue weighted by Gasteiger charge is -2.09. The molecule has 0 rings (SSSR count). The van der Waals surface area contributed by atoms with Crippen LogP contribution in [-0.4, -0.2) is 16.9 Å². The van der Waals surface area contributed by atoms with E-state index in [1.54, 1.807) is 6.08 Å². The lowest BCUT2D eigenvalue weighted by atomic mass is 9.96. The zero-order valence-electron chi connectivity index (χ0n) is 6.92. The quantitative estimate of drug-likeness (QED) is 0.483. The molecule has 0 fully saturated rings. The summed E-state index contributed by atoms with van der Waals surface area (Å²) in [5.41, 5.74) is -0.148. The van der Waals surface area contributed by atoms with Gasteiger partial charge in [0, 0.05) is 0 Å². The van der Waals surface area contributed by atoms with Crippen molar-refractivity contribution in [2.24, 2.45) is 5.41 Å². The molecule has 3 heteroatoms. The Hall–Kier alpha value is -1.12. The maximum absolute atomic E-state index is 10.5. The van der Waals surface area contributed by atoms with Gasteiger partial charge in [0.25, 0.3) is 5.78 Å². The molecular weight excluding hydrogens is 144 g/mol. The summed E-state index contributed by atoms with van der Waals surface area (Å²) in [6.45, 7) is 5.66. The van der Waals surface area contributed by atoms with Gasteiger partial charge in [0.15, 0.2) is 0 Å². The molecule has 0 aromatic rings. The molecule has 0 saturated heterocycles. The topological polar surface area (TPSA) is 54.4 Å². The van der Waals surface area contributed by atoms with Gasteiger partial charge in [-0.2, -0.15) is 0 Å². The number of rotatable bonds is 2. The Morgan fingerprint density at radius 2 is 1.73 bits per heavy atom. The van der Waals surface area contributed by atoms with Crippen LogP contribution >= 0.6 is 0 Å². The van der Waals surface area contributed by atoms with Gasteiger partial charge in [-0.1, -0.05) is 26.8 Å². The first-order valence-corrected chi connectivity index (χ1v) is 3.29. The normalized spacial score (nSPS) is 11.9. The van der Waals surface area contributed by atoms with Crippen LogP contribution in [0, 0.1) is 5.41 Å². The number of allylic oxidation sites excluding steroid dienone is 1. The zero-order chi connectivity index (χ0) is 9.07. The molecule has 1 N–H and O–H groups in total. The maximum Gasteiger partial charge on any atom is 0.376 e. The second kappa shape index (κ2) is 3.32. The summed E-state index contributed by atoms with van der Waals surface area (Å²) in [7, 11) is 0. The number of carbonyl (C=O) groups is 2. The molecule has 0 saturated carbocycles. The maximum atomic E-state index is 10.5. The van der Waals surface area contributed by atoms with E-state index >= 15 is 0 Å². The van der Waals surface area contributed by atoms with Gasteiger partial charge in [-0.3, -0.25) is 4.79 Å². The van der Waals surface area contributed by atoms with Gasteiger partial charge >= 0.3 is 5.97 Å². The summed E-state index contributed by atoms with van der Waals surface area (Å²) in [5.74, 6) is -2.29. The number of hydrogen-bond donors (Lipinski definition) is 1. The van der Waals surface area contributed by atoms with Gasteiger partial charge in [-0.25, -0.2) is 4.79 Å². The highest BCUT2D eigenvalue weighted by atomic mass is 16.4. The van der Waals surface area contributed by atoms with Gasteiger partial charge in [-0.05, 0) is 11.5 Å². The van der Waals surface area contributed by atoms with Crippen molar-refractivity contribution in [2.75, 3.05) is 0 Å². The Labute approximate surface area is 65.7 Å². The van der Waals surface area contributed by atoms with E-state index in [9.17, 15) is 9.59 Å². The Kier molecular flexibility index (Phi) is 2.99. The SMILES string of the molecule is CC(C)(C)/C=C/C(=O)C(=O)O. The fourth-order valence-electron chi connectivity index (χ4n) is 0.397. The minimum Gasteiger partial charge on any atom is -0.475 e. The van der Waals surface area contributed by atoms with Gasteiger partial charge in [0.05, 0.1) is 0 Å². The summed E-state index contributed by atoms with van der Waals surface area (Å²) in [4.78, 5) is 20.5. The van der Waals surface area contributed by atoms with Crippen molar-refractivity contribution in [1.29, 1.82) is 0 Å². The second-order valence-electron chi connectivity index (χ2n) is 3.37. The Bertz CT molecular complexity index is 196. The number of aliphatic carboxylic acids is 1.